The predicted octanol–water partition coefficient (Wildman–Crippen LogP) is 2.79. The van der Waals surface area contributed by atoms with E-state index in [1.165, 1.54) is 31.4 Å². The Morgan fingerprint density at radius 2 is 1.67 bits per heavy atom. The van der Waals surface area contributed by atoms with Crippen LogP contribution in [-0.2, 0) is 14.8 Å². The first kappa shape index (κ1) is 20.7. The third kappa shape index (κ3) is 6.26. The molecule has 2 aromatic carbocycles. The first-order valence-electron chi connectivity index (χ1n) is 8.30. The van der Waals surface area contributed by atoms with Crippen molar-refractivity contribution >= 4 is 21.6 Å². The van der Waals surface area contributed by atoms with E-state index in [0.717, 1.165) is 0 Å². The van der Waals surface area contributed by atoms with Gasteiger partial charge in [-0.05, 0) is 57.2 Å². The number of nitrogens with one attached hydrogen (secondary N) is 2. The van der Waals surface area contributed by atoms with Gasteiger partial charge in [-0.15, -0.1) is 0 Å². The molecule has 2 N–H and O–H groups in total. The second-order valence-electron chi connectivity index (χ2n) is 6.86. The van der Waals surface area contributed by atoms with E-state index in [4.69, 9.17) is 9.47 Å². The van der Waals surface area contributed by atoms with Gasteiger partial charge in [-0.25, -0.2) is 13.1 Å². The van der Waals surface area contributed by atoms with Gasteiger partial charge in [0.2, 0.25) is 10.0 Å². The number of benzene rings is 2. The van der Waals surface area contributed by atoms with Gasteiger partial charge in [0, 0.05) is 5.54 Å². The number of rotatable bonds is 7. The third-order valence-electron chi connectivity index (χ3n) is 3.33. The van der Waals surface area contributed by atoms with E-state index < -0.39 is 15.6 Å². The summed E-state index contributed by atoms with van der Waals surface area (Å²) >= 11 is 0. The van der Waals surface area contributed by atoms with Crippen LogP contribution in [0, 0.1) is 0 Å². The maximum Gasteiger partial charge on any atom is 0.262 e. The van der Waals surface area contributed by atoms with E-state index >= 15 is 0 Å². The number of para-hydroxylation sites is 2. The molecule has 0 saturated carbocycles. The van der Waals surface area contributed by atoms with Crippen molar-refractivity contribution in [1.82, 2.24) is 4.72 Å². The summed E-state index contributed by atoms with van der Waals surface area (Å²) in [5.41, 5.74) is -0.0341. The number of anilines is 1. The molecule has 0 aliphatic carbocycles. The summed E-state index contributed by atoms with van der Waals surface area (Å²) in [7, 11) is -2.09. The second kappa shape index (κ2) is 8.41. The molecule has 1 amide bonds. The van der Waals surface area contributed by atoms with Crippen LogP contribution < -0.4 is 19.5 Å². The number of methoxy groups -OCH3 is 1. The van der Waals surface area contributed by atoms with Crippen molar-refractivity contribution in [3.63, 3.8) is 0 Å². The van der Waals surface area contributed by atoms with Crippen molar-refractivity contribution in [3.8, 4) is 11.5 Å². The smallest absolute Gasteiger partial charge is 0.262 e. The fraction of sp³-hybridized carbons (Fsp3) is 0.316. The van der Waals surface area contributed by atoms with E-state index in [1.54, 1.807) is 45.0 Å². The third-order valence-corrected chi connectivity index (χ3v) is 5.10. The van der Waals surface area contributed by atoms with E-state index in [-0.39, 0.29) is 17.4 Å². The number of hydrogen-bond acceptors (Lipinski definition) is 5. The number of ether oxygens (including phenoxy) is 2. The molecule has 8 heteroatoms. The minimum absolute atomic E-state index is 0.128. The normalized spacial score (nSPS) is 11.7. The maximum absolute atomic E-state index is 12.3. The van der Waals surface area contributed by atoms with Gasteiger partial charge in [-0.3, -0.25) is 4.79 Å². The molecular weight excluding hydrogens is 368 g/mol. The molecule has 0 aliphatic heterocycles. The Kier molecular flexibility index (Phi) is 6.45. The lowest BCUT2D eigenvalue weighted by Crippen LogP contribution is -2.40. The van der Waals surface area contributed by atoms with Gasteiger partial charge in [0.05, 0.1) is 17.7 Å². The highest BCUT2D eigenvalue weighted by atomic mass is 32.2. The van der Waals surface area contributed by atoms with Crippen LogP contribution in [0.25, 0.3) is 0 Å². The molecule has 0 aromatic heterocycles. The van der Waals surface area contributed by atoms with Crippen molar-refractivity contribution < 1.29 is 22.7 Å². The van der Waals surface area contributed by atoms with Crippen molar-refractivity contribution in [2.24, 2.45) is 0 Å². The van der Waals surface area contributed by atoms with E-state index in [1.807, 2.05) is 0 Å². The van der Waals surface area contributed by atoms with Gasteiger partial charge < -0.3 is 14.8 Å². The molecule has 7 nitrogen and oxygen atoms in total. The lowest BCUT2D eigenvalue weighted by molar-refractivity contribution is -0.118. The van der Waals surface area contributed by atoms with Gasteiger partial charge in [0.1, 0.15) is 11.5 Å². The van der Waals surface area contributed by atoms with E-state index in [0.29, 0.717) is 17.2 Å². The highest BCUT2D eigenvalue weighted by Gasteiger charge is 2.21. The van der Waals surface area contributed by atoms with Crippen LogP contribution in [0.2, 0.25) is 0 Å². The minimum atomic E-state index is -3.61. The number of sulfonamides is 1. The molecule has 0 unspecified atom stereocenters. The van der Waals surface area contributed by atoms with Gasteiger partial charge in [0.25, 0.3) is 5.91 Å². The zero-order valence-electron chi connectivity index (χ0n) is 15.8. The first-order chi connectivity index (χ1) is 12.6. The summed E-state index contributed by atoms with van der Waals surface area (Å²) in [6.45, 7) is 5.08. The molecule has 0 fully saturated rings. The molecule has 0 saturated heterocycles. The lowest BCUT2D eigenvalue weighted by atomic mass is 10.1. The Morgan fingerprint density at radius 1 is 1.04 bits per heavy atom. The number of hydrogen-bond donors (Lipinski definition) is 2. The van der Waals surface area contributed by atoms with Crippen molar-refractivity contribution in [2.45, 2.75) is 31.2 Å². The minimum Gasteiger partial charge on any atom is -0.495 e. The number of amides is 1. The van der Waals surface area contributed by atoms with Crippen molar-refractivity contribution in [3.05, 3.63) is 48.5 Å². The maximum atomic E-state index is 12.3. The standard InChI is InChI=1S/C19H24N2O5S/c1-19(2,3)21-27(23,24)15-11-9-14(10-12-15)26-13-18(22)20-16-7-5-6-8-17(16)25-4/h5-12,21H,13H2,1-4H3,(H,20,22). The van der Waals surface area contributed by atoms with Crippen LogP contribution in [0.4, 0.5) is 5.69 Å². The molecule has 0 atom stereocenters. The zero-order chi connectivity index (χ0) is 20.1. The monoisotopic (exact) mass is 392 g/mol. The van der Waals surface area contributed by atoms with Crippen LogP contribution in [0.1, 0.15) is 20.8 Å². The lowest BCUT2D eigenvalue weighted by Gasteiger charge is -2.20. The fourth-order valence-electron chi connectivity index (χ4n) is 2.26. The van der Waals surface area contributed by atoms with Crippen LogP contribution in [-0.4, -0.2) is 33.6 Å². The van der Waals surface area contributed by atoms with Crippen molar-refractivity contribution in [1.29, 1.82) is 0 Å². The topological polar surface area (TPSA) is 93.7 Å². The summed E-state index contributed by atoms with van der Waals surface area (Å²) in [5, 5.41) is 2.70. The highest BCUT2D eigenvalue weighted by molar-refractivity contribution is 7.89. The average Bonchev–Trinajstić information content (AvgIpc) is 2.59. The summed E-state index contributed by atoms with van der Waals surface area (Å²) < 4.78 is 37.7. The fourth-order valence-corrected chi connectivity index (χ4v) is 3.68. The largest absolute Gasteiger partial charge is 0.495 e. The molecule has 0 aliphatic rings. The molecule has 0 radical (unpaired) electrons. The Labute approximate surface area is 159 Å². The van der Waals surface area contributed by atoms with Crippen LogP contribution in [0.5, 0.6) is 11.5 Å². The van der Waals surface area contributed by atoms with E-state index in [9.17, 15) is 13.2 Å². The average molecular weight is 392 g/mol. The molecule has 2 aromatic rings. The summed E-state index contributed by atoms with van der Waals surface area (Å²) in [5.74, 6) is 0.581. The van der Waals surface area contributed by atoms with Crippen LogP contribution >= 0.6 is 0 Å². The van der Waals surface area contributed by atoms with Crippen LogP contribution in [0.15, 0.2) is 53.4 Å². The Bertz CT molecular complexity index is 887. The first-order valence-corrected chi connectivity index (χ1v) is 9.79. The predicted molar refractivity (Wildman–Crippen MR) is 104 cm³/mol. The van der Waals surface area contributed by atoms with Crippen LogP contribution in [0.3, 0.4) is 0 Å². The zero-order valence-corrected chi connectivity index (χ0v) is 16.6. The Balaban J connectivity index is 1.96. The summed E-state index contributed by atoms with van der Waals surface area (Å²) in [4.78, 5) is 12.2. The number of carbonyl (C=O) groups excluding carboxylic acids is 1. The van der Waals surface area contributed by atoms with Crippen molar-refractivity contribution in [2.75, 3.05) is 19.0 Å². The molecule has 27 heavy (non-hydrogen) atoms. The second-order valence-corrected chi connectivity index (χ2v) is 8.55. The van der Waals surface area contributed by atoms with Gasteiger partial charge in [-0.1, -0.05) is 12.1 Å². The van der Waals surface area contributed by atoms with Gasteiger partial charge in [-0.2, -0.15) is 0 Å². The number of carbonyl (C=O) groups is 1. The summed E-state index contributed by atoms with van der Waals surface area (Å²) in [6.07, 6.45) is 0. The quantitative estimate of drug-likeness (QED) is 0.756. The van der Waals surface area contributed by atoms with Gasteiger partial charge in [0.15, 0.2) is 6.61 Å². The molecule has 146 valence electrons. The molecule has 0 spiro atoms. The molecule has 2 rings (SSSR count). The Hall–Kier alpha value is -2.58. The molecular formula is C19H24N2O5S. The SMILES string of the molecule is COc1ccccc1NC(=O)COc1ccc(S(=O)(=O)NC(C)(C)C)cc1. The Morgan fingerprint density at radius 3 is 2.26 bits per heavy atom. The van der Waals surface area contributed by atoms with Gasteiger partial charge >= 0.3 is 0 Å². The summed E-state index contributed by atoms with van der Waals surface area (Å²) in [6, 6.07) is 12.9. The molecule has 0 bridgehead atoms. The highest BCUT2D eigenvalue weighted by Crippen LogP contribution is 2.23. The van der Waals surface area contributed by atoms with E-state index in [2.05, 4.69) is 10.0 Å². The molecule has 0 heterocycles.